The van der Waals surface area contributed by atoms with Crippen molar-refractivity contribution < 1.29 is 26.3 Å². The Bertz CT molecular complexity index is 907. The smallest absolute Gasteiger partial charge is 0.306 e. The van der Waals surface area contributed by atoms with Gasteiger partial charge in [-0.1, -0.05) is 35.9 Å². The molecule has 1 N–H and O–H groups in total. The number of hydrogen-bond donors (Lipinski definition) is 1. The predicted molar refractivity (Wildman–Crippen MR) is 90.5 cm³/mol. The van der Waals surface area contributed by atoms with Gasteiger partial charge < -0.3 is 4.90 Å². The lowest BCUT2D eigenvalue weighted by atomic mass is 9.87. The van der Waals surface area contributed by atoms with Crippen LogP contribution in [0.2, 0.25) is 0 Å². The molecule has 10 heteroatoms. The summed E-state index contributed by atoms with van der Waals surface area (Å²) in [4.78, 5) is 5.00. The Morgan fingerprint density at radius 2 is 1.64 bits per heavy atom. The highest BCUT2D eigenvalue weighted by Gasteiger charge is 2.51. The molecule has 28 heavy (non-hydrogen) atoms. The van der Waals surface area contributed by atoms with Crippen LogP contribution in [0.3, 0.4) is 0 Å². The third kappa shape index (κ3) is 3.06. The molecule has 0 spiro atoms. The van der Waals surface area contributed by atoms with Crippen molar-refractivity contribution in [2.75, 3.05) is 0 Å². The van der Waals surface area contributed by atoms with E-state index in [0.717, 1.165) is 5.56 Å². The number of allylic oxidation sites excluding steroid dienone is 1. The van der Waals surface area contributed by atoms with Crippen LogP contribution in [0.4, 0.5) is 26.3 Å². The van der Waals surface area contributed by atoms with Crippen molar-refractivity contribution in [3.05, 3.63) is 59.2 Å². The Morgan fingerprint density at radius 3 is 2.25 bits per heavy atom. The van der Waals surface area contributed by atoms with Crippen molar-refractivity contribution in [1.82, 2.24) is 10.3 Å². The van der Waals surface area contributed by atoms with Crippen molar-refractivity contribution in [2.24, 2.45) is 16.0 Å². The van der Waals surface area contributed by atoms with Gasteiger partial charge in [-0.2, -0.15) is 31.4 Å². The maximum atomic E-state index is 13.5. The Kier molecular flexibility index (Phi) is 4.06. The van der Waals surface area contributed by atoms with Gasteiger partial charge in [0, 0.05) is 17.1 Å². The number of rotatable bonds is 1. The molecular formula is C18H14F6N4. The van der Waals surface area contributed by atoms with Crippen molar-refractivity contribution >= 4 is 11.5 Å². The van der Waals surface area contributed by atoms with E-state index in [1.165, 1.54) is 17.1 Å². The maximum Gasteiger partial charge on any atom is 0.432 e. The molecule has 3 unspecified atom stereocenters. The first-order chi connectivity index (χ1) is 13.1. The van der Waals surface area contributed by atoms with Crippen LogP contribution in [0.1, 0.15) is 11.1 Å². The van der Waals surface area contributed by atoms with Crippen molar-refractivity contribution in [3.63, 3.8) is 0 Å². The van der Waals surface area contributed by atoms with Crippen LogP contribution in [0.5, 0.6) is 0 Å². The molecule has 0 saturated heterocycles. The summed E-state index contributed by atoms with van der Waals surface area (Å²) in [6, 6.07) is 7.00. The molecule has 3 heterocycles. The summed E-state index contributed by atoms with van der Waals surface area (Å²) >= 11 is 0. The fourth-order valence-electron chi connectivity index (χ4n) is 3.47. The maximum absolute atomic E-state index is 13.5. The molecule has 3 atom stereocenters. The van der Waals surface area contributed by atoms with Crippen LogP contribution in [-0.4, -0.2) is 41.1 Å². The van der Waals surface area contributed by atoms with E-state index in [-0.39, 0.29) is 11.9 Å². The molecule has 4 nitrogen and oxygen atoms in total. The van der Waals surface area contributed by atoms with Crippen LogP contribution in [0.25, 0.3) is 0 Å². The first-order valence-electron chi connectivity index (χ1n) is 8.36. The third-order valence-electron chi connectivity index (χ3n) is 4.80. The van der Waals surface area contributed by atoms with E-state index in [1.807, 2.05) is 6.92 Å². The number of nitrogens with one attached hydrogen (secondary N) is 1. The minimum atomic E-state index is -4.99. The highest BCUT2D eigenvalue weighted by Crippen LogP contribution is 2.43. The van der Waals surface area contributed by atoms with Crippen LogP contribution in [0, 0.1) is 12.8 Å². The lowest BCUT2D eigenvalue weighted by Gasteiger charge is -2.41. The molecule has 148 valence electrons. The number of hydrazone groups is 1. The van der Waals surface area contributed by atoms with Gasteiger partial charge in [0.15, 0.2) is 5.84 Å². The van der Waals surface area contributed by atoms with Crippen LogP contribution in [-0.2, 0) is 0 Å². The molecule has 0 saturated carbocycles. The Hall–Kier alpha value is -2.78. The largest absolute Gasteiger partial charge is 0.432 e. The number of hydrogen-bond acceptors (Lipinski definition) is 4. The Balaban J connectivity index is 1.80. The molecule has 4 rings (SSSR count). The molecule has 0 amide bonds. The number of alkyl halides is 6. The topological polar surface area (TPSA) is 40.0 Å². The zero-order chi connectivity index (χ0) is 20.3. The van der Waals surface area contributed by atoms with Gasteiger partial charge in [0.05, 0.1) is 0 Å². The molecule has 0 bridgehead atoms. The van der Waals surface area contributed by atoms with E-state index < -0.39 is 41.9 Å². The second kappa shape index (κ2) is 6.11. The second-order valence-electron chi connectivity index (χ2n) is 6.72. The SMILES string of the molecule is Cc1ccc(C2=NNC3C=CC4C(C(F)(F)F)=CC(C(F)(F)F)=NC4N23)cc1. The number of fused-ring (bicyclic) bond motifs is 3. The van der Waals surface area contributed by atoms with Gasteiger partial charge >= 0.3 is 12.4 Å². The zero-order valence-corrected chi connectivity index (χ0v) is 14.4. The van der Waals surface area contributed by atoms with Gasteiger partial charge in [-0.05, 0) is 19.1 Å². The summed E-state index contributed by atoms with van der Waals surface area (Å²) in [5.74, 6) is -1.11. The fourth-order valence-corrected chi connectivity index (χ4v) is 3.47. The van der Waals surface area contributed by atoms with Gasteiger partial charge in [-0.15, -0.1) is 0 Å². The van der Waals surface area contributed by atoms with Crippen LogP contribution >= 0.6 is 0 Å². The second-order valence-corrected chi connectivity index (χ2v) is 6.72. The lowest BCUT2D eigenvalue weighted by Crippen LogP contribution is -2.54. The first-order valence-corrected chi connectivity index (χ1v) is 8.36. The summed E-state index contributed by atoms with van der Waals surface area (Å²) in [7, 11) is 0. The first kappa shape index (κ1) is 18.6. The fraction of sp³-hybridized carbons (Fsp3) is 0.333. The van der Waals surface area contributed by atoms with E-state index in [4.69, 9.17) is 0 Å². The van der Waals surface area contributed by atoms with Crippen molar-refractivity contribution in [3.8, 4) is 0 Å². The van der Waals surface area contributed by atoms with Gasteiger partial charge in [-0.25, -0.2) is 0 Å². The average molecular weight is 400 g/mol. The highest BCUT2D eigenvalue weighted by atomic mass is 19.4. The minimum absolute atomic E-state index is 0.0953. The number of aliphatic imine (C=N–C) groups is 1. The molecule has 0 radical (unpaired) electrons. The third-order valence-corrected chi connectivity index (χ3v) is 4.80. The quantitative estimate of drug-likeness (QED) is 0.574. The van der Waals surface area contributed by atoms with Gasteiger partial charge in [0.1, 0.15) is 18.0 Å². The molecule has 1 aromatic carbocycles. The highest BCUT2D eigenvalue weighted by molar-refractivity contribution is 6.03. The minimum Gasteiger partial charge on any atom is -0.306 e. The summed E-state index contributed by atoms with van der Waals surface area (Å²) in [6.45, 7) is 1.86. The summed E-state index contributed by atoms with van der Waals surface area (Å²) < 4.78 is 80.2. The molecule has 0 aromatic heterocycles. The van der Waals surface area contributed by atoms with Crippen LogP contribution < -0.4 is 5.43 Å². The monoisotopic (exact) mass is 400 g/mol. The number of aryl methyl sites for hydroxylation is 1. The standard InChI is InChI=1S/C18H14F6N4/c1-9-2-4-10(5-3-9)15-27-26-14-7-6-11-12(17(19,20)21)8-13(18(22,23)24)25-16(11)28(14)15/h2-8,11,14,16,26H,1H3. The molecule has 0 fully saturated rings. The Labute approximate surface area is 155 Å². The van der Waals surface area contributed by atoms with E-state index in [9.17, 15) is 26.3 Å². The van der Waals surface area contributed by atoms with Crippen molar-refractivity contribution in [1.29, 1.82) is 0 Å². The number of dihydropyridines is 1. The number of nitrogens with zero attached hydrogens (tertiary/aromatic N) is 3. The number of halogens is 6. The summed E-state index contributed by atoms with van der Waals surface area (Å²) in [5, 5.41) is 4.14. The van der Waals surface area contributed by atoms with E-state index in [0.29, 0.717) is 5.56 Å². The van der Waals surface area contributed by atoms with E-state index in [1.54, 1.807) is 24.3 Å². The zero-order valence-electron chi connectivity index (χ0n) is 14.4. The summed E-state index contributed by atoms with van der Waals surface area (Å²) in [5.41, 5.74) is 1.44. The van der Waals surface area contributed by atoms with E-state index in [2.05, 4.69) is 15.5 Å². The molecule has 0 aliphatic carbocycles. The van der Waals surface area contributed by atoms with Gasteiger partial charge in [-0.3, -0.25) is 10.4 Å². The average Bonchev–Trinajstić information content (AvgIpc) is 3.04. The molecule has 3 aliphatic rings. The predicted octanol–water partition coefficient (Wildman–Crippen LogP) is 3.91. The Morgan fingerprint density at radius 1 is 0.964 bits per heavy atom. The molecule has 3 aliphatic heterocycles. The lowest BCUT2D eigenvalue weighted by molar-refractivity contribution is -0.101. The molecular weight excluding hydrogens is 386 g/mol. The normalized spacial score (nSPS) is 26.8. The number of benzene rings is 1. The molecule has 1 aromatic rings. The van der Waals surface area contributed by atoms with Crippen LogP contribution in [0.15, 0.2) is 58.2 Å². The van der Waals surface area contributed by atoms with Crippen molar-refractivity contribution in [2.45, 2.75) is 31.6 Å². The number of amidine groups is 1. The van der Waals surface area contributed by atoms with Gasteiger partial charge in [0.2, 0.25) is 0 Å². The summed E-state index contributed by atoms with van der Waals surface area (Å²) in [6.07, 6.45) is -9.21. The van der Waals surface area contributed by atoms with Gasteiger partial charge in [0.25, 0.3) is 0 Å². The van der Waals surface area contributed by atoms with E-state index >= 15 is 0 Å².